The highest BCUT2D eigenvalue weighted by Crippen LogP contribution is 2.29. The van der Waals surface area contributed by atoms with Gasteiger partial charge in [0.05, 0.1) is 0 Å². The zero-order valence-corrected chi connectivity index (χ0v) is 14.1. The van der Waals surface area contributed by atoms with Crippen LogP contribution < -0.4 is 10.6 Å². The predicted octanol–water partition coefficient (Wildman–Crippen LogP) is 1.42. The number of sulfonamides is 1. The maximum Gasteiger partial charge on any atom is 0.305 e. The molecule has 2 rings (SSSR count). The van der Waals surface area contributed by atoms with Crippen molar-refractivity contribution in [2.75, 3.05) is 6.54 Å². The minimum Gasteiger partial charge on any atom is -0.328 e. The van der Waals surface area contributed by atoms with Crippen LogP contribution in [0.2, 0.25) is 0 Å². The van der Waals surface area contributed by atoms with E-state index in [4.69, 9.17) is 5.73 Å². The molecular formula is C13H23N3O3S2. The molecule has 21 heavy (non-hydrogen) atoms. The molecule has 0 aromatic carbocycles. The summed E-state index contributed by atoms with van der Waals surface area (Å²) in [5.41, 5.74) is 6.34. The summed E-state index contributed by atoms with van der Waals surface area (Å²) in [5.74, 6) is 0. The molecule has 0 amide bonds. The lowest BCUT2D eigenvalue weighted by molar-refractivity contribution is 0.240. The number of nitrogens with two attached hydrogens (primary N) is 1. The number of H-pyrrole nitrogens is 1. The van der Waals surface area contributed by atoms with E-state index in [1.807, 2.05) is 6.92 Å². The topological polar surface area (TPSA) is 96.3 Å². The van der Waals surface area contributed by atoms with Crippen LogP contribution >= 0.6 is 11.3 Å². The van der Waals surface area contributed by atoms with Crippen LogP contribution in [-0.2, 0) is 10.0 Å². The van der Waals surface area contributed by atoms with Crippen molar-refractivity contribution in [2.24, 2.45) is 5.73 Å². The average molecular weight is 333 g/mol. The zero-order chi connectivity index (χ0) is 15.6. The summed E-state index contributed by atoms with van der Waals surface area (Å²) in [6, 6.07) is 0.170. The molecule has 1 aromatic heterocycles. The summed E-state index contributed by atoms with van der Waals surface area (Å²) in [4.78, 5) is 13.7. The maximum absolute atomic E-state index is 12.9. The smallest absolute Gasteiger partial charge is 0.305 e. The van der Waals surface area contributed by atoms with Crippen molar-refractivity contribution < 1.29 is 8.42 Å². The third-order valence-electron chi connectivity index (χ3n) is 3.92. The van der Waals surface area contributed by atoms with Crippen molar-refractivity contribution in [1.82, 2.24) is 9.29 Å². The minimum absolute atomic E-state index is 0.00801. The molecule has 0 bridgehead atoms. The van der Waals surface area contributed by atoms with E-state index in [1.54, 1.807) is 11.2 Å². The van der Waals surface area contributed by atoms with Gasteiger partial charge in [-0.25, -0.2) is 8.42 Å². The largest absolute Gasteiger partial charge is 0.328 e. The highest BCUT2D eigenvalue weighted by atomic mass is 32.2. The second-order valence-corrected chi connectivity index (χ2v) is 8.68. The predicted molar refractivity (Wildman–Crippen MR) is 84.1 cm³/mol. The van der Waals surface area contributed by atoms with Crippen LogP contribution in [0.3, 0.4) is 0 Å². The van der Waals surface area contributed by atoms with Gasteiger partial charge in [0.2, 0.25) is 0 Å². The van der Waals surface area contributed by atoms with Crippen molar-refractivity contribution in [1.29, 1.82) is 0 Å². The Morgan fingerprint density at radius 2 is 1.95 bits per heavy atom. The van der Waals surface area contributed by atoms with Crippen molar-refractivity contribution in [3.8, 4) is 0 Å². The van der Waals surface area contributed by atoms with E-state index in [-0.39, 0.29) is 21.2 Å². The van der Waals surface area contributed by atoms with E-state index in [1.165, 1.54) is 0 Å². The Balaban J connectivity index is 2.32. The molecule has 6 nitrogen and oxygen atoms in total. The first-order chi connectivity index (χ1) is 9.86. The van der Waals surface area contributed by atoms with Gasteiger partial charge in [0.25, 0.3) is 10.0 Å². The molecule has 1 fully saturated rings. The van der Waals surface area contributed by atoms with Gasteiger partial charge >= 0.3 is 4.87 Å². The summed E-state index contributed by atoms with van der Waals surface area (Å²) in [5, 5.41) is 0. The molecule has 1 heterocycles. The van der Waals surface area contributed by atoms with E-state index in [2.05, 4.69) is 4.98 Å². The van der Waals surface area contributed by atoms with E-state index in [0.717, 1.165) is 43.4 Å². The third-order valence-corrected chi connectivity index (χ3v) is 7.45. The number of aromatic amines is 1. The molecule has 0 spiro atoms. The first kappa shape index (κ1) is 16.7. The van der Waals surface area contributed by atoms with Gasteiger partial charge < -0.3 is 10.7 Å². The standard InChI is InChI=1S/C13H23N3O3S2/c1-3-8-16(11-6-4-10(14)5-7-11)21(18,19)12-9(2)15-13(17)20-12/h10-11H,3-8,14H2,1-2H3,(H,15,17). The van der Waals surface area contributed by atoms with Crippen LogP contribution in [0.1, 0.15) is 44.7 Å². The molecule has 1 saturated carbocycles. The molecule has 1 aromatic rings. The summed E-state index contributed by atoms with van der Waals surface area (Å²) in [6.45, 7) is 4.07. The molecular weight excluding hydrogens is 310 g/mol. The molecule has 0 atom stereocenters. The van der Waals surface area contributed by atoms with Gasteiger partial charge in [-0.2, -0.15) is 4.31 Å². The first-order valence-electron chi connectivity index (χ1n) is 7.33. The van der Waals surface area contributed by atoms with E-state index >= 15 is 0 Å². The summed E-state index contributed by atoms with van der Waals surface area (Å²) >= 11 is 0.775. The first-order valence-corrected chi connectivity index (χ1v) is 9.59. The molecule has 8 heteroatoms. The second kappa shape index (κ2) is 6.60. The lowest BCUT2D eigenvalue weighted by Gasteiger charge is -2.34. The summed E-state index contributed by atoms with van der Waals surface area (Å²) in [6.07, 6.45) is 4.03. The number of aryl methyl sites for hydroxylation is 1. The van der Waals surface area contributed by atoms with E-state index < -0.39 is 10.0 Å². The number of hydrogen-bond acceptors (Lipinski definition) is 5. The van der Waals surface area contributed by atoms with Crippen molar-refractivity contribution in [3.63, 3.8) is 0 Å². The molecule has 0 radical (unpaired) electrons. The summed E-state index contributed by atoms with van der Waals surface area (Å²) < 4.78 is 27.5. The molecule has 1 aliphatic rings. The Labute approximate surface area is 129 Å². The Hall–Kier alpha value is -0.700. The highest BCUT2D eigenvalue weighted by Gasteiger charge is 2.35. The summed E-state index contributed by atoms with van der Waals surface area (Å²) in [7, 11) is -3.61. The van der Waals surface area contributed by atoms with E-state index in [9.17, 15) is 13.2 Å². The fourth-order valence-corrected chi connectivity index (χ4v) is 6.04. The molecule has 120 valence electrons. The van der Waals surface area contributed by atoms with Crippen molar-refractivity contribution >= 4 is 21.4 Å². The average Bonchev–Trinajstić information content (AvgIpc) is 2.77. The van der Waals surface area contributed by atoms with E-state index in [0.29, 0.717) is 12.2 Å². The number of hydrogen-bond donors (Lipinski definition) is 2. The van der Waals surface area contributed by atoms with Gasteiger partial charge in [0, 0.05) is 24.3 Å². The van der Waals surface area contributed by atoms with Crippen LogP contribution in [0.5, 0.6) is 0 Å². The van der Waals surface area contributed by atoms with Crippen LogP contribution in [0.4, 0.5) is 0 Å². The fourth-order valence-electron chi connectivity index (χ4n) is 2.85. The Morgan fingerprint density at radius 1 is 1.33 bits per heavy atom. The minimum atomic E-state index is -3.61. The third kappa shape index (κ3) is 3.56. The Kier molecular flexibility index (Phi) is 5.24. The van der Waals surface area contributed by atoms with Crippen LogP contribution in [-0.4, -0.2) is 36.3 Å². The molecule has 0 aliphatic heterocycles. The molecule has 3 N–H and O–H groups in total. The van der Waals surface area contributed by atoms with Gasteiger partial charge in [-0.15, -0.1) is 0 Å². The van der Waals surface area contributed by atoms with Crippen LogP contribution in [0, 0.1) is 6.92 Å². The quantitative estimate of drug-likeness (QED) is 0.851. The number of nitrogens with zero attached hydrogens (tertiary/aromatic N) is 1. The lowest BCUT2D eigenvalue weighted by Crippen LogP contribution is -2.44. The van der Waals surface area contributed by atoms with Gasteiger partial charge in [-0.05, 0) is 39.0 Å². The fraction of sp³-hybridized carbons (Fsp3) is 0.769. The van der Waals surface area contributed by atoms with Gasteiger partial charge in [0.15, 0.2) is 4.21 Å². The van der Waals surface area contributed by atoms with Gasteiger partial charge in [0.1, 0.15) is 0 Å². The SMILES string of the molecule is CCCN(C1CCC(N)CC1)S(=O)(=O)c1sc(=O)[nH]c1C. The molecule has 0 unspecified atom stereocenters. The van der Waals surface area contributed by atoms with Gasteiger partial charge in [-0.1, -0.05) is 18.3 Å². The van der Waals surface area contributed by atoms with Crippen LogP contribution in [0.25, 0.3) is 0 Å². The van der Waals surface area contributed by atoms with Crippen molar-refractivity contribution in [2.45, 2.75) is 62.2 Å². The number of aromatic nitrogens is 1. The highest BCUT2D eigenvalue weighted by molar-refractivity contribution is 7.91. The number of rotatable bonds is 5. The maximum atomic E-state index is 12.9. The van der Waals surface area contributed by atoms with Crippen LogP contribution in [0.15, 0.2) is 9.00 Å². The van der Waals surface area contributed by atoms with Crippen molar-refractivity contribution in [3.05, 3.63) is 15.4 Å². The number of nitrogens with one attached hydrogen (secondary N) is 1. The Bertz CT molecular complexity index is 627. The number of thiazole rings is 1. The second-order valence-electron chi connectivity index (χ2n) is 5.61. The lowest BCUT2D eigenvalue weighted by atomic mass is 9.92. The molecule has 1 aliphatic carbocycles. The normalized spacial score (nSPS) is 23.6. The molecule has 0 saturated heterocycles. The zero-order valence-electron chi connectivity index (χ0n) is 12.5. The Morgan fingerprint density at radius 3 is 2.43 bits per heavy atom. The van der Waals surface area contributed by atoms with Gasteiger partial charge in [-0.3, -0.25) is 4.79 Å². The monoisotopic (exact) mass is 333 g/mol.